The van der Waals surface area contributed by atoms with E-state index in [0.29, 0.717) is 37.0 Å². The van der Waals surface area contributed by atoms with Crippen LogP contribution in [-0.4, -0.2) is 59.2 Å². The molecule has 33 heavy (non-hydrogen) atoms. The summed E-state index contributed by atoms with van der Waals surface area (Å²) >= 11 is 6.39. The average molecular weight is 464 g/mol. The van der Waals surface area contributed by atoms with E-state index in [4.69, 9.17) is 22.1 Å². The van der Waals surface area contributed by atoms with Crippen LogP contribution < -0.4 is 11.1 Å². The molecule has 1 aliphatic rings. The lowest BCUT2D eigenvalue weighted by Crippen LogP contribution is -2.55. The highest BCUT2D eigenvalue weighted by Crippen LogP contribution is 2.33. The monoisotopic (exact) mass is 463 g/mol. The van der Waals surface area contributed by atoms with E-state index in [1.807, 2.05) is 30.3 Å². The molecule has 1 amide bonds. The fourth-order valence-corrected chi connectivity index (χ4v) is 4.73. The lowest BCUT2D eigenvalue weighted by atomic mass is 10.0. The molecule has 4 N–H and O–H groups in total. The van der Waals surface area contributed by atoms with Gasteiger partial charge < -0.3 is 20.8 Å². The number of benzene rings is 2. The number of aromatic nitrogens is 2. The maximum atomic E-state index is 13.3. The lowest BCUT2D eigenvalue weighted by molar-refractivity contribution is -0.127. The van der Waals surface area contributed by atoms with E-state index < -0.39 is 6.04 Å². The van der Waals surface area contributed by atoms with Crippen molar-refractivity contribution in [2.75, 3.05) is 31.6 Å². The van der Waals surface area contributed by atoms with Gasteiger partial charge in [0.1, 0.15) is 6.04 Å². The zero-order chi connectivity index (χ0) is 22.8. The fourth-order valence-electron chi connectivity index (χ4n) is 4.51. The van der Waals surface area contributed by atoms with Gasteiger partial charge in [0.2, 0.25) is 5.91 Å². The Bertz CT molecular complexity index is 1280. The number of pyridine rings is 1. The number of nitrogens with two attached hydrogens (primary N) is 1. The van der Waals surface area contributed by atoms with Gasteiger partial charge >= 0.3 is 0 Å². The first kappa shape index (κ1) is 21.9. The van der Waals surface area contributed by atoms with Crippen molar-refractivity contribution in [1.29, 1.82) is 0 Å². The standard InChI is InChI=1S/C25H26ClN5O2/c26-17-11-20-19-6-7-28-13-22(19)29-24(20)21(12-17)30-25(32)23-15-33-9-8-31(23)14-18(27)10-16-4-2-1-3-5-16/h1-7,11-13,18,23,29H,8-10,14-15,27H2,(H,30,32)/t18-,23?/m1/s1. The van der Waals surface area contributed by atoms with Crippen molar-refractivity contribution in [2.24, 2.45) is 5.73 Å². The summed E-state index contributed by atoms with van der Waals surface area (Å²) in [5.74, 6) is -0.137. The number of amides is 1. The number of nitrogens with one attached hydrogen (secondary N) is 2. The zero-order valence-corrected chi connectivity index (χ0v) is 18.9. The third-order valence-electron chi connectivity index (χ3n) is 6.08. The number of H-pyrrole nitrogens is 1. The Kier molecular flexibility index (Phi) is 6.28. The van der Waals surface area contributed by atoms with Crippen LogP contribution in [0.25, 0.3) is 21.8 Å². The number of rotatable bonds is 6. The summed E-state index contributed by atoms with van der Waals surface area (Å²) in [5, 5.41) is 5.57. The number of aromatic amines is 1. The summed E-state index contributed by atoms with van der Waals surface area (Å²) < 4.78 is 5.64. The SMILES string of the molecule is N[C@H](Cc1ccccc1)CN1CCOCC1C(=O)Nc1cc(Cl)cc2c1[nH]c1cnccc12. The summed E-state index contributed by atoms with van der Waals surface area (Å²) in [6.07, 6.45) is 4.26. The Morgan fingerprint density at radius 1 is 1.27 bits per heavy atom. The van der Waals surface area contributed by atoms with Gasteiger partial charge in [-0.2, -0.15) is 0 Å². The third-order valence-corrected chi connectivity index (χ3v) is 6.30. The first-order chi connectivity index (χ1) is 16.1. The Hall–Kier alpha value is -2.97. The van der Waals surface area contributed by atoms with E-state index in [2.05, 4.69) is 32.3 Å². The molecule has 2 aromatic carbocycles. The van der Waals surface area contributed by atoms with Crippen molar-refractivity contribution >= 4 is 45.0 Å². The van der Waals surface area contributed by atoms with Crippen LogP contribution in [0.4, 0.5) is 5.69 Å². The minimum atomic E-state index is -0.430. The Morgan fingerprint density at radius 2 is 2.12 bits per heavy atom. The highest BCUT2D eigenvalue weighted by atomic mass is 35.5. The number of fused-ring (bicyclic) bond motifs is 3. The molecular weight excluding hydrogens is 438 g/mol. The molecule has 8 heteroatoms. The van der Waals surface area contributed by atoms with Crippen LogP contribution >= 0.6 is 11.6 Å². The van der Waals surface area contributed by atoms with Crippen LogP contribution in [0, 0.1) is 0 Å². The smallest absolute Gasteiger partial charge is 0.244 e. The number of anilines is 1. The second-order valence-corrected chi connectivity index (χ2v) is 8.88. The molecule has 7 nitrogen and oxygen atoms in total. The maximum absolute atomic E-state index is 13.3. The first-order valence-electron chi connectivity index (χ1n) is 11.1. The summed E-state index contributed by atoms with van der Waals surface area (Å²) in [6, 6.07) is 15.2. The van der Waals surface area contributed by atoms with Gasteiger partial charge in [-0.05, 0) is 30.2 Å². The molecule has 0 spiro atoms. The van der Waals surface area contributed by atoms with Gasteiger partial charge in [-0.15, -0.1) is 0 Å². The molecule has 170 valence electrons. The highest BCUT2D eigenvalue weighted by molar-refractivity contribution is 6.33. The Morgan fingerprint density at radius 3 is 2.97 bits per heavy atom. The van der Waals surface area contributed by atoms with Crippen LogP contribution in [0.2, 0.25) is 5.02 Å². The molecule has 1 saturated heterocycles. The zero-order valence-electron chi connectivity index (χ0n) is 18.1. The number of carbonyl (C=O) groups excluding carboxylic acids is 1. The number of hydrogen-bond donors (Lipinski definition) is 3. The van der Waals surface area contributed by atoms with Gasteiger partial charge in [0, 0.05) is 41.1 Å². The van der Waals surface area contributed by atoms with Crippen molar-refractivity contribution in [2.45, 2.75) is 18.5 Å². The summed E-state index contributed by atoms with van der Waals surface area (Å²) in [5.41, 5.74) is 9.98. The number of morpholine rings is 1. The number of ether oxygens (including phenoxy) is 1. The van der Waals surface area contributed by atoms with Gasteiger partial charge in [-0.1, -0.05) is 41.9 Å². The molecule has 0 saturated carbocycles. The maximum Gasteiger partial charge on any atom is 0.244 e. The van der Waals surface area contributed by atoms with Crippen LogP contribution in [-0.2, 0) is 16.0 Å². The number of hydrogen-bond acceptors (Lipinski definition) is 5. The van der Waals surface area contributed by atoms with Crippen LogP contribution in [0.3, 0.4) is 0 Å². The molecule has 4 aromatic rings. The van der Waals surface area contributed by atoms with Crippen molar-refractivity contribution in [3.05, 3.63) is 71.5 Å². The first-order valence-corrected chi connectivity index (χ1v) is 11.4. The molecule has 0 radical (unpaired) electrons. The minimum Gasteiger partial charge on any atom is -0.378 e. The van der Waals surface area contributed by atoms with E-state index in [0.717, 1.165) is 28.2 Å². The Labute approximate surface area is 196 Å². The Balaban J connectivity index is 1.35. The third kappa shape index (κ3) is 4.72. The average Bonchev–Trinajstić information content (AvgIpc) is 3.19. The van der Waals surface area contributed by atoms with Gasteiger partial charge in [0.05, 0.1) is 36.1 Å². The molecule has 1 unspecified atom stereocenters. The van der Waals surface area contributed by atoms with Crippen molar-refractivity contribution < 1.29 is 9.53 Å². The van der Waals surface area contributed by atoms with Crippen molar-refractivity contribution in [3.8, 4) is 0 Å². The topological polar surface area (TPSA) is 96.3 Å². The predicted molar refractivity (Wildman–Crippen MR) is 132 cm³/mol. The molecule has 2 atom stereocenters. The van der Waals surface area contributed by atoms with Crippen LogP contribution in [0.5, 0.6) is 0 Å². The summed E-state index contributed by atoms with van der Waals surface area (Å²) in [6.45, 7) is 2.17. The van der Waals surface area contributed by atoms with Crippen LogP contribution in [0.15, 0.2) is 60.9 Å². The highest BCUT2D eigenvalue weighted by Gasteiger charge is 2.31. The lowest BCUT2D eigenvalue weighted by Gasteiger charge is -2.36. The summed E-state index contributed by atoms with van der Waals surface area (Å²) in [7, 11) is 0. The van der Waals surface area contributed by atoms with Gasteiger partial charge in [-0.3, -0.25) is 14.7 Å². The molecule has 0 bridgehead atoms. The van der Waals surface area contributed by atoms with E-state index >= 15 is 0 Å². The van der Waals surface area contributed by atoms with E-state index in [1.54, 1.807) is 18.5 Å². The molecule has 2 aromatic heterocycles. The van der Waals surface area contributed by atoms with Gasteiger partial charge in [-0.25, -0.2) is 0 Å². The normalized spacial score (nSPS) is 17.9. The number of halogens is 1. The summed E-state index contributed by atoms with van der Waals surface area (Å²) in [4.78, 5) is 23.0. The molecule has 3 heterocycles. The minimum absolute atomic E-state index is 0.0834. The molecule has 0 aliphatic carbocycles. The second-order valence-electron chi connectivity index (χ2n) is 8.45. The van der Waals surface area contributed by atoms with E-state index in [9.17, 15) is 4.79 Å². The van der Waals surface area contributed by atoms with E-state index in [1.165, 1.54) is 5.56 Å². The second kappa shape index (κ2) is 9.49. The van der Waals surface area contributed by atoms with Gasteiger partial charge in [0.25, 0.3) is 0 Å². The molecule has 1 fully saturated rings. The fraction of sp³-hybridized carbons (Fsp3) is 0.280. The van der Waals surface area contributed by atoms with E-state index in [-0.39, 0.29) is 11.9 Å². The number of carbonyl (C=O) groups is 1. The largest absolute Gasteiger partial charge is 0.378 e. The van der Waals surface area contributed by atoms with Crippen molar-refractivity contribution in [1.82, 2.24) is 14.9 Å². The predicted octanol–water partition coefficient (Wildman–Crippen LogP) is 3.58. The number of nitrogens with zero attached hydrogens (tertiary/aromatic N) is 2. The molecule has 1 aliphatic heterocycles. The van der Waals surface area contributed by atoms with Gasteiger partial charge in [0.15, 0.2) is 0 Å². The molecule has 5 rings (SSSR count). The van der Waals surface area contributed by atoms with Crippen molar-refractivity contribution in [3.63, 3.8) is 0 Å². The molecular formula is C25H26ClN5O2. The van der Waals surface area contributed by atoms with Crippen LogP contribution in [0.1, 0.15) is 5.56 Å². The quantitative estimate of drug-likeness (QED) is 0.406.